The molecule has 3 rings (SSSR count). The van der Waals surface area contributed by atoms with Crippen LogP contribution in [0.4, 0.5) is 5.69 Å². The molecule has 2 aromatic heterocycles. The van der Waals surface area contributed by atoms with Crippen molar-refractivity contribution in [3.05, 3.63) is 63.0 Å². The maximum absolute atomic E-state index is 12.4. The Labute approximate surface area is 164 Å². The maximum atomic E-state index is 12.4. The van der Waals surface area contributed by atoms with Gasteiger partial charge in [0.15, 0.2) is 10.7 Å². The zero-order valence-electron chi connectivity index (χ0n) is 15.2. The smallest absolute Gasteiger partial charge is 0.258 e. The first kappa shape index (κ1) is 19.3. The largest absolute Gasteiger partial charge is 0.325 e. The highest BCUT2D eigenvalue weighted by atomic mass is 32.2. The molecule has 0 aliphatic carbocycles. The normalized spacial score (nSPS) is 12.1. The number of nitrogens with zero attached hydrogens (tertiary/aromatic N) is 2. The number of rotatable bonds is 6. The number of thiazole rings is 1. The highest BCUT2D eigenvalue weighted by Crippen LogP contribution is 2.20. The molecule has 3 aromatic rings. The number of fused-ring (bicyclic) bond motifs is 1. The lowest BCUT2D eigenvalue weighted by molar-refractivity contribution is -0.115. The first-order valence-corrected chi connectivity index (χ1v) is 10.3. The number of ketones is 1. The van der Waals surface area contributed by atoms with Gasteiger partial charge >= 0.3 is 0 Å². The molecule has 0 aliphatic rings. The van der Waals surface area contributed by atoms with Crippen LogP contribution in [0.1, 0.15) is 35.6 Å². The number of nitrogens with one attached hydrogen (secondary N) is 1. The van der Waals surface area contributed by atoms with Crippen molar-refractivity contribution in [3.8, 4) is 0 Å². The van der Waals surface area contributed by atoms with Gasteiger partial charge in [-0.15, -0.1) is 23.1 Å². The highest BCUT2D eigenvalue weighted by Gasteiger charge is 2.15. The average molecular weight is 402 g/mol. The number of aryl methyl sites for hydroxylation is 1. The van der Waals surface area contributed by atoms with Crippen molar-refractivity contribution in [2.75, 3.05) is 5.32 Å². The Bertz CT molecular complexity index is 1050. The molecular formula is C19H19N3O3S2. The summed E-state index contributed by atoms with van der Waals surface area (Å²) in [6.07, 6.45) is 0. The van der Waals surface area contributed by atoms with Crippen molar-refractivity contribution in [2.24, 2.45) is 0 Å². The van der Waals surface area contributed by atoms with Gasteiger partial charge in [0.2, 0.25) is 5.91 Å². The molecule has 27 heavy (non-hydrogen) atoms. The topological polar surface area (TPSA) is 80.5 Å². The molecule has 1 amide bonds. The van der Waals surface area contributed by atoms with Crippen LogP contribution in [0.15, 0.2) is 40.5 Å². The zero-order valence-corrected chi connectivity index (χ0v) is 16.8. The summed E-state index contributed by atoms with van der Waals surface area (Å²) in [5.74, 6) is 0.319. The Balaban J connectivity index is 1.61. The number of carbonyl (C=O) groups is 2. The summed E-state index contributed by atoms with van der Waals surface area (Å²) < 4.78 is 1.58. The summed E-state index contributed by atoms with van der Waals surface area (Å²) in [6, 6.07) is 8.31. The minimum Gasteiger partial charge on any atom is -0.325 e. The fourth-order valence-electron chi connectivity index (χ4n) is 2.49. The van der Waals surface area contributed by atoms with E-state index in [1.807, 2.05) is 19.2 Å². The quantitative estimate of drug-likeness (QED) is 0.639. The van der Waals surface area contributed by atoms with Crippen molar-refractivity contribution in [2.45, 2.75) is 31.8 Å². The Morgan fingerprint density at radius 1 is 1.30 bits per heavy atom. The minimum absolute atomic E-state index is 0.0156. The molecule has 0 aliphatic heterocycles. The van der Waals surface area contributed by atoms with E-state index in [0.717, 1.165) is 5.69 Å². The fraction of sp³-hybridized carbons (Fsp3) is 0.263. The van der Waals surface area contributed by atoms with E-state index in [4.69, 9.17) is 0 Å². The monoisotopic (exact) mass is 401 g/mol. The van der Waals surface area contributed by atoms with E-state index in [9.17, 15) is 14.4 Å². The van der Waals surface area contributed by atoms with E-state index in [0.29, 0.717) is 27.7 Å². The lowest BCUT2D eigenvalue weighted by Crippen LogP contribution is -2.23. The van der Waals surface area contributed by atoms with Crippen molar-refractivity contribution >= 4 is 45.4 Å². The molecule has 0 saturated carbocycles. The molecule has 2 heterocycles. The number of amides is 1. The third-order valence-corrected chi connectivity index (χ3v) is 6.16. The van der Waals surface area contributed by atoms with Gasteiger partial charge in [-0.25, -0.2) is 4.98 Å². The second-order valence-electron chi connectivity index (χ2n) is 6.16. The number of Topliss-reactive ketones (excluding diaryl/α,β-unsaturated/α-hetero) is 1. The van der Waals surface area contributed by atoms with Gasteiger partial charge in [-0.1, -0.05) is 0 Å². The molecule has 8 heteroatoms. The number of hydrogen-bond donors (Lipinski definition) is 1. The molecular weight excluding hydrogens is 382 g/mol. The van der Waals surface area contributed by atoms with Crippen molar-refractivity contribution in [3.63, 3.8) is 0 Å². The molecule has 0 bridgehead atoms. The first-order chi connectivity index (χ1) is 12.8. The lowest BCUT2D eigenvalue weighted by Gasteiger charge is -2.12. The number of benzene rings is 1. The number of hydrogen-bond acceptors (Lipinski definition) is 6. The van der Waals surface area contributed by atoms with Gasteiger partial charge in [0, 0.05) is 34.1 Å². The summed E-state index contributed by atoms with van der Waals surface area (Å²) in [6.45, 7) is 5.18. The third-order valence-electron chi connectivity index (χ3n) is 4.04. The van der Waals surface area contributed by atoms with Crippen LogP contribution >= 0.6 is 23.1 Å². The van der Waals surface area contributed by atoms with Crippen LogP contribution in [0.25, 0.3) is 4.96 Å². The maximum Gasteiger partial charge on any atom is 0.258 e. The Morgan fingerprint density at radius 3 is 2.67 bits per heavy atom. The Kier molecular flexibility index (Phi) is 5.76. The van der Waals surface area contributed by atoms with E-state index in [2.05, 4.69) is 10.3 Å². The van der Waals surface area contributed by atoms with E-state index in [1.54, 1.807) is 28.7 Å². The molecule has 0 saturated heterocycles. The molecule has 1 unspecified atom stereocenters. The summed E-state index contributed by atoms with van der Waals surface area (Å²) >= 11 is 2.84. The predicted octanol–water partition coefficient (Wildman–Crippen LogP) is 3.53. The van der Waals surface area contributed by atoms with Gasteiger partial charge in [0.25, 0.3) is 5.56 Å². The highest BCUT2D eigenvalue weighted by molar-refractivity contribution is 7.99. The first-order valence-electron chi connectivity index (χ1n) is 8.35. The molecule has 0 spiro atoms. The Hall–Kier alpha value is -2.45. The summed E-state index contributed by atoms with van der Waals surface area (Å²) in [7, 11) is 0. The van der Waals surface area contributed by atoms with Gasteiger partial charge in [-0.3, -0.25) is 18.8 Å². The number of anilines is 1. The molecule has 6 nitrogen and oxygen atoms in total. The van der Waals surface area contributed by atoms with Crippen LogP contribution < -0.4 is 10.9 Å². The fourth-order valence-corrected chi connectivity index (χ4v) is 4.16. The second-order valence-corrected chi connectivity index (χ2v) is 8.32. The van der Waals surface area contributed by atoms with E-state index in [1.165, 1.54) is 36.1 Å². The molecule has 1 aromatic carbocycles. The van der Waals surface area contributed by atoms with E-state index < -0.39 is 0 Å². The summed E-state index contributed by atoms with van der Waals surface area (Å²) in [5, 5.41) is 4.41. The number of carbonyl (C=O) groups excluding carboxylic acids is 2. The molecule has 0 radical (unpaired) electrons. The summed E-state index contributed by atoms with van der Waals surface area (Å²) in [4.78, 5) is 41.0. The van der Waals surface area contributed by atoms with Gasteiger partial charge in [0.1, 0.15) is 0 Å². The van der Waals surface area contributed by atoms with Crippen LogP contribution in [0.2, 0.25) is 0 Å². The number of aromatic nitrogens is 2. The SMILES string of the molecule is CC(=O)c1ccc(NC(=O)C(C)SCc2cc(=O)n3c(C)csc3n2)cc1. The van der Waals surface area contributed by atoms with Crippen LogP contribution in [0.3, 0.4) is 0 Å². The van der Waals surface area contributed by atoms with Gasteiger partial charge in [-0.05, 0) is 45.0 Å². The second kappa shape index (κ2) is 8.06. The van der Waals surface area contributed by atoms with Gasteiger partial charge < -0.3 is 5.32 Å². The zero-order chi connectivity index (χ0) is 19.6. The van der Waals surface area contributed by atoms with Gasteiger partial charge in [-0.2, -0.15) is 0 Å². The van der Waals surface area contributed by atoms with Crippen molar-refractivity contribution in [1.82, 2.24) is 9.38 Å². The molecule has 1 atom stereocenters. The Morgan fingerprint density at radius 2 is 2.00 bits per heavy atom. The predicted molar refractivity (Wildman–Crippen MR) is 110 cm³/mol. The van der Waals surface area contributed by atoms with Gasteiger partial charge in [0.05, 0.1) is 10.9 Å². The minimum atomic E-state index is -0.317. The van der Waals surface area contributed by atoms with Crippen molar-refractivity contribution < 1.29 is 9.59 Å². The molecule has 140 valence electrons. The lowest BCUT2D eigenvalue weighted by atomic mass is 10.1. The van der Waals surface area contributed by atoms with Crippen molar-refractivity contribution in [1.29, 1.82) is 0 Å². The average Bonchev–Trinajstić information content (AvgIpc) is 3.01. The van der Waals surface area contributed by atoms with E-state index >= 15 is 0 Å². The van der Waals surface area contributed by atoms with Crippen LogP contribution in [0.5, 0.6) is 0 Å². The third kappa shape index (κ3) is 4.45. The standard InChI is InChI=1S/C19H19N3O3S2/c1-11-9-27-19-21-16(8-17(24)22(11)19)10-26-13(3)18(25)20-15-6-4-14(5-7-15)12(2)23/h4-9,13H,10H2,1-3H3,(H,20,25). The summed E-state index contributed by atoms with van der Waals surface area (Å²) in [5.41, 5.74) is 2.68. The molecule has 0 fully saturated rings. The van der Waals surface area contributed by atoms with Crippen LogP contribution in [-0.4, -0.2) is 26.3 Å². The van der Waals surface area contributed by atoms with E-state index in [-0.39, 0.29) is 22.5 Å². The number of thioether (sulfide) groups is 1. The van der Waals surface area contributed by atoms with Crippen LogP contribution in [0, 0.1) is 6.92 Å². The van der Waals surface area contributed by atoms with Crippen LogP contribution in [-0.2, 0) is 10.5 Å². The molecule has 1 N–H and O–H groups in total.